The maximum Gasteiger partial charge on any atom is 0.257 e. The molecule has 0 unspecified atom stereocenters. The topological polar surface area (TPSA) is 59.3 Å². The summed E-state index contributed by atoms with van der Waals surface area (Å²) in [6.45, 7) is 1.63. The van der Waals surface area contributed by atoms with Gasteiger partial charge in [0.15, 0.2) is 11.6 Å². The van der Waals surface area contributed by atoms with Gasteiger partial charge in [-0.1, -0.05) is 34.0 Å². The maximum atomic E-state index is 14.5. The molecule has 1 N–H and O–H groups in total. The van der Waals surface area contributed by atoms with Crippen molar-refractivity contribution in [1.29, 1.82) is 0 Å². The zero-order chi connectivity index (χ0) is 27.3. The van der Waals surface area contributed by atoms with Crippen molar-refractivity contribution in [3.63, 3.8) is 0 Å². The van der Waals surface area contributed by atoms with Gasteiger partial charge in [-0.25, -0.2) is 18.2 Å². The van der Waals surface area contributed by atoms with Gasteiger partial charge in [0, 0.05) is 29.2 Å². The minimum absolute atomic E-state index is 0.00253. The number of aromatic nitrogens is 3. The fourth-order valence-electron chi connectivity index (χ4n) is 4.16. The van der Waals surface area contributed by atoms with Crippen LogP contribution in [-0.4, -0.2) is 51.7 Å². The fraction of sp³-hybridized carbons (Fsp3) is 0.0385. The van der Waals surface area contributed by atoms with Crippen molar-refractivity contribution in [3.05, 3.63) is 83.7 Å². The van der Waals surface area contributed by atoms with Crippen LogP contribution in [-0.2, 0) is 0 Å². The highest BCUT2D eigenvalue weighted by Crippen LogP contribution is 2.30. The number of nitrogens with one attached hydrogen (secondary N) is 1. The van der Waals surface area contributed by atoms with E-state index < -0.39 is 34.3 Å². The van der Waals surface area contributed by atoms with Crippen LogP contribution in [0.5, 0.6) is 0 Å². The van der Waals surface area contributed by atoms with Crippen LogP contribution >= 0.6 is 0 Å². The van der Waals surface area contributed by atoms with Crippen LogP contribution in [0, 0.1) is 24.4 Å². The van der Waals surface area contributed by atoms with Gasteiger partial charge < -0.3 is 5.32 Å². The lowest BCUT2D eigenvalue weighted by Gasteiger charge is -2.19. The number of hydrogen-bond acceptors (Lipinski definition) is 3. The van der Waals surface area contributed by atoms with Crippen LogP contribution in [0.15, 0.2) is 55.0 Å². The predicted octanol–water partition coefficient (Wildman–Crippen LogP) is 1.22. The second-order valence-corrected chi connectivity index (χ2v) is 8.52. The zero-order valence-electron chi connectivity index (χ0n) is 19.9. The number of fused-ring (bicyclic) bond motifs is 1. The number of anilines is 1. The Morgan fingerprint density at radius 3 is 2.26 bits per heavy atom. The quantitative estimate of drug-likeness (QED) is 0.380. The second-order valence-electron chi connectivity index (χ2n) is 8.52. The Hall–Kier alpha value is -4.20. The van der Waals surface area contributed by atoms with Crippen molar-refractivity contribution >= 4 is 70.3 Å². The van der Waals surface area contributed by atoms with Gasteiger partial charge in [-0.2, -0.15) is 0 Å². The number of amides is 1. The van der Waals surface area contributed by atoms with Crippen molar-refractivity contribution in [2.75, 3.05) is 5.32 Å². The summed E-state index contributed by atoms with van der Waals surface area (Å²) >= 11 is 0. The third kappa shape index (κ3) is 4.10. The van der Waals surface area contributed by atoms with E-state index in [2.05, 4.69) is 15.3 Å². The van der Waals surface area contributed by atoms with Crippen molar-refractivity contribution in [2.24, 2.45) is 0 Å². The Kier molecular flexibility index (Phi) is 6.42. The smallest absolute Gasteiger partial charge is 0.257 e. The summed E-state index contributed by atoms with van der Waals surface area (Å²) in [5.41, 5.74) is 0.771. The second kappa shape index (κ2) is 9.59. The van der Waals surface area contributed by atoms with Gasteiger partial charge in [0.1, 0.15) is 43.0 Å². The van der Waals surface area contributed by atoms with E-state index in [1.165, 1.54) is 18.3 Å². The van der Waals surface area contributed by atoms with E-state index in [-0.39, 0.29) is 33.6 Å². The minimum atomic E-state index is -1.01. The van der Waals surface area contributed by atoms with Crippen molar-refractivity contribution < 1.29 is 18.0 Å². The SMILES string of the molecule is [B]c1c([B])c(NC(=O)c2cc(-c3cccn4c(-c5cccc(F)c5F)ncc34)cnc2C)c([B])c([B])c1F. The molecule has 5 nitrogen and oxygen atoms in total. The van der Waals surface area contributed by atoms with Crippen LogP contribution < -0.4 is 27.2 Å². The molecule has 0 bridgehead atoms. The number of hydrogen-bond donors (Lipinski definition) is 1. The lowest BCUT2D eigenvalue weighted by atomic mass is 9.68. The molecule has 5 aromatic rings. The first-order valence-corrected chi connectivity index (χ1v) is 11.2. The lowest BCUT2D eigenvalue weighted by molar-refractivity contribution is 0.102. The minimum Gasteiger partial charge on any atom is -0.323 e. The summed E-state index contributed by atoms with van der Waals surface area (Å²) in [6, 6.07) is 8.92. The molecule has 5 rings (SSSR count). The number of rotatable bonds is 4. The van der Waals surface area contributed by atoms with Gasteiger partial charge in [0.2, 0.25) is 0 Å². The lowest BCUT2D eigenvalue weighted by Crippen LogP contribution is -2.46. The van der Waals surface area contributed by atoms with Crippen molar-refractivity contribution in [2.45, 2.75) is 6.92 Å². The number of pyridine rings is 2. The van der Waals surface area contributed by atoms with Crippen LogP contribution in [0.2, 0.25) is 0 Å². The van der Waals surface area contributed by atoms with Gasteiger partial charge in [-0.05, 0) is 31.2 Å². The van der Waals surface area contributed by atoms with Gasteiger partial charge in [0.25, 0.3) is 5.91 Å². The Bertz CT molecular complexity index is 1750. The fourth-order valence-corrected chi connectivity index (χ4v) is 4.16. The molecule has 176 valence electrons. The third-order valence-electron chi connectivity index (χ3n) is 6.24. The number of imidazole rings is 1. The number of nitrogens with zero attached hydrogens (tertiary/aromatic N) is 3. The van der Waals surface area contributed by atoms with E-state index in [1.54, 1.807) is 41.9 Å². The van der Waals surface area contributed by atoms with Crippen LogP contribution in [0.4, 0.5) is 18.9 Å². The summed E-state index contributed by atoms with van der Waals surface area (Å²) in [5.74, 6) is -3.40. The Morgan fingerprint density at radius 2 is 1.55 bits per heavy atom. The summed E-state index contributed by atoms with van der Waals surface area (Å²) in [6.07, 6.45) is 4.74. The molecule has 3 heterocycles. The monoisotopic (exact) mass is 498 g/mol. The molecule has 0 aliphatic carbocycles. The number of aryl methyl sites for hydroxylation is 1. The standard InChI is InChI=1S/C26H13B4F3N4O/c1-11-15(26(38)36-24-20(29)18(27)23(33)19(28)21(24)30)8-12(9-34-11)13-5-3-7-37-17(13)10-35-25(37)14-4-2-6-16(31)22(14)32/h2-10H,1H3,(H,36,38). The highest BCUT2D eigenvalue weighted by Gasteiger charge is 2.20. The molecule has 38 heavy (non-hydrogen) atoms. The molecule has 0 spiro atoms. The molecule has 0 saturated heterocycles. The Balaban J connectivity index is 1.57. The Labute approximate surface area is 221 Å². The summed E-state index contributed by atoms with van der Waals surface area (Å²) in [5, 5.41) is 2.55. The summed E-state index contributed by atoms with van der Waals surface area (Å²) in [4.78, 5) is 21.9. The van der Waals surface area contributed by atoms with Crippen LogP contribution in [0.25, 0.3) is 28.0 Å². The highest BCUT2D eigenvalue weighted by atomic mass is 19.2. The van der Waals surface area contributed by atoms with Crippen molar-refractivity contribution in [1.82, 2.24) is 14.4 Å². The van der Waals surface area contributed by atoms with Crippen molar-refractivity contribution in [3.8, 4) is 22.5 Å². The highest BCUT2D eigenvalue weighted by molar-refractivity contribution is 6.60. The van der Waals surface area contributed by atoms with E-state index in [9.17, 15) is 18.0 Å². The van der Waals surface area contributed by atoms with Gasteiger partial charge in [-0.3, -0.25) is 14.2 Å². The predicted molar refractivity (Wildman–Crippen MR) is 144 cm³/mol. The molecule has 8 radical (unpaired) electrons. The van der Waals surface area contributed by atoms with E-state index in [4.69, 9.17) is 31.4 Å². The molecular formula is C26H13B4F3N4O. The molecule has 3 aromatic heterocycles. The zero-order valence-corrected chi connectivity index (χ0v) is 19.9. The van der Waals surface area contributed by atoms with E-state index in [0.29, 0.717) is 22.3 Å². The molecule has 1 amide bonds. The first kappa shape index (κ1) is 25.4. The summed E-state index contributed by atoms with van der Waals surface area (Å²) in [7, 11) is 23.1. The van der Waals surface area contributed by atoms with E-state index >= 15 is 0 Å². The van der Waals surface area contributed by atoms with Crippen LogP contribution in [0.3, 0.4) is 0 Å². The number of benzene rings is 2. The molecule has 0 atom stereocenters. The largest absolute Gasteiger partial charge is 0.323 e. The Morgan fingerprint density at radius 1 is 0.868 bits per heavy atom. The molecule has 2 aromatic carbocycles. The molecule has 0 aliphatic heterocycles. The van der Waals surface area contributed by atoms with Gasteiger partial charge >= 0.3 is 0 Å². The van der Waals surface area contributed by atoms with E-state index in [1.807, 2.05) is 0 Å². The van der Waals surface area contributed by atoms with Crippen LogP contribution in [0.1, 0.15) is 16.1 Å². The van der Waals surface area contributed by atoms with Gasteiger partial charge in [-0.15, -0.1) is 0 Å². The third-order valence-corrected chi connectivity index (χ3v) is 6.24. The first-order valence-electron chi connectivity index (χ1n) is 11.2. The molecule has 0 saturated carbocycles. The maximum absolute atomic E-state index is 14.5. The number of carbonyl (C=O) groups is 1. The number of carbonyl (C=O) groups excluding carboxylic acids is 1. The normalized spacial score (nSPS) is 11.2. The molecular weight excluding hydrogens is 485 g/mol. The average molecular weight is 498 g/mol. The number of halogens is 3. The molecule has 0 fully saturated rings. The summed E-state index contributed by atoms with van der Waals surface area (Å²) < 4.78 is 44.0. The molecule has 0 aliphatic rings. The van der Waals surface area contributed by atoms with Gasteiger partial charge in [0.05, 0.1) is 28.5 Å². The van der Waals surface area contributed by atoms with E-state index in [0.717, 1.165) is 6.07 Å². The molecule has 12 heteroatoms. The average Bonchev–Trinajstić information content (AvgIpc) is 3.35. The first-order chi connectivity index (χ1) is 18.1.